The van der Waals surface area contributed by atoms with Crippen LogP contribution in [-0.4, -0.2) is 31.6 Å². The summed E-state index contributed by atoms with van der Waals surface area (Å²) in [7, 11) is 4.19. The Balaban J connectivity index is 2.02. The lowest BCUT2D eigenvalue weighted by Gasteiger charge is -2.33. The van der Waals surface area contributed by atoms with Gasteiger partial charge in [-0.05, 0) is 45.8 Å². The second kappa shape index (κ2) is 7.90. The third-order valence-electron chi connectivity index (χ3n) is 5.07. The van der Waals surface area contributed by atoms with Crippen LogP contribution < -0.4 is 5.32 Å². The maximum Gasteiger partial charge on any atom is 0.127 e. The molecule has 0 spiro atoms. The molecule has 2 rings (SSSR count). The summed E-state index contributed by atoms with van der Waals surface area (Å²) in [5.41, 5.74) is 0.801. The Labute approximate surface area is 128 Å². The first kappa shape index (κ1) is 16.4. The molecule has 1 aromatic carbocycles. The maximum atomic E-state index is 13.9. The highest BCUT2D eigenvalue weighted by molar-refractivity contribution is 5.20. The Morgan fingerprint density at radius 3 is 2.67 bits per heavy atom. The topological polar surface area (TPSA) is 15.3 Å². The Morgan fingerprint density at radius 1 is 1.24 bits per heavy atom. The molecule has 0 heterocycles. The number of rotatable bonds is 5. The van der Waals surface area contributed by atoms with Crippen LogP contribution in [0.5, 0.6) is 0 Å². The molecule has 1 saturated carbocycles. The molecule has 0 radical (unpaired) electrons. The van der Waals surface area contributed by atoms with Crippen LogP contribution in [-0.2, 0) is 0 Å². The zero-order chi connectivity index (χ0) is 15.2. The minimum absolute atomic E-state index is 0.0946. The van der Waals surface area contributed by atoms with Gasteiger partial charge in [-0.3, -0.25) is 4.90 Å². The van der Waals surface area contributed by atoms with Crippen molar-refractivity contribution >= 4 is 0 Å². The Hall–Kier alpha value is -0.930. The predicted molar refractivity (Wildman–Crippen MR) is 86.9 cm³/mol. The summed E-state index contributed by atoms with van der Waals surface area (Å²) in [6.45, 7) is 3.13. The average Bonchev–Trinajstić information content (AvgIpc) is 2.72. The molecular formula is C18H29FN2. The van der Waals surface area contributed by atoms with Gasteiger partial charge in [-0.1, -0.05) is 37.5 Å². The fraction of sp³-hybridized carbons (Fsp3) is 0.667. The van der Waals surface area contributed by atoms with Crippen LogP contribution in [0.4, 0.5) is 4.39 Å². The quantitative estimate of drug-likeness (QED) is 0.826. The van der Waals surface area contributed by atoms with Crippen molar-refractivity contribution < 1.29 is 4.39 Å². The van der Waals surface area contributed by atoms with Crippen molar-refractivity contribution in [2.24, 2.45) is 5.92 Å². The highest BCUT2D eigenvalue weighted by atomic mass is 19.1. The molecule has 0 bridgehead atoms. The van der Waals surface area contributed by atoms with Gasteiger partial charge in [0.1, 0.15) is 5.82 Å². The molecule has 2 nitrogen and oxygen atoms in total. The van der Waals surface area contributed by atoms with E-state index in [-0.39, 0.29) is 11.9 Å². The third kappa shape index (κ3) is 4.27. The molecule has 21 heavy (non-hydrogen) atoms. The van der Waals surface area contributed by atoms with Crippen molar-refractivity contribution in [2.45, 2.75) is 51.1 Å². The molecule has 118 valence electrons. The van der Waals surface area contributed by atoms with Gasteiger partial charge in [-0.2, -0.15) is 0 Å². The van der Waals surface area contributed by atoms with E-state index in [2.05, 4.69) is 31.2 Å². The van der Waals surface area contributed by atoms with Crippen LogP contribution in [0.3, 0.4) is 0 Å². The first-order valence-electron chi connectivity index (χ1n) is 8.25. The molecule has 1 aliphatic carbocycles. The van der Waals surface area contributed by atoms with Crippen molar-refractivity contribution in [3.8, 4) is 0 Å². The van der Waals surface area contributed by atoms with Gasteiger partial charge in [-0.25, -0.2) is 4.39 Å². The number of nitrogens with zero attached hydrogens (tertiary/aromatic N) is 1. The van der Waals surface area contributed by atoms with Crippen molar-refractivity contribution in [1.82, 2.24) is 10.2 Å². The van der Waals surface area contributed by atoms with Gasteiger partial charge in [0.2, 0.25) is 0 Å². The standard InChI is InChI=1S/C18H29FN2/c1-14(16-10-7-8-11-17(16)19)21(3)13-15-9-5-4-6-12-18(15)20-2/h7-8,10-11,14-15,18,20H,4-6,9,12-13H2,1-3H3. The van der Waals surface area contributed by atoms with Crippen molar-refractivity contribution in [1.29, 1.82) is 0 Å². The molecule has 0 aromatic heterocycles. The fourth-order valence-corrected chi connectivity index (χ4v) is 3.56. The number of hydrogen-bond donors (Lipinski definition) is 1. The van der Waals surface area contributed by atoms with E-state index in [0.29, 0.717) is 12.0 Å². The van der Waals surface area contributed by atoms with E-state index in [9.17, 15) is 4.39 Å². The van der Waals surface area contributed by atoms with Crippen molar-refractivity contribution in [2.75, 3.05) is 20.6 Å². The SMILES string of the molecule is CNC1CCCCCC1CN(C)C(C)c1ccccc1F. The largest absolute Gasteiger partial charge is 0.317 e. The Bertz CT molecular complexity index is 435. The second-order valence-corrected chi connectivity index (χ2v) is 6.43. The van der Waals surface area contributed by atoms with E-state index in [0.717, 1.165) is 12.1 Å². The molecular weight excluding hydrogens is 263 g/mol. The minimum atomic E-state index is -0.0946. The van der Waals surface area contributed by atoms with E-state index in [1.54, 1.807) is 12.1 Å². The summed E-state index contributed by atoms with van der Waals surface area (Å²) in [6, 6.07) is 7.86. The zero-order valence-corrected chi connectivity index (χ0v) is 13.6. The van der Waals surface area contributed by atoms with Gasteiger partial charge in [0, 0.05) is 24.2 Å². The first-order chi connectivity index (χ1) is 10.1. The number of nitrogens with one attached hydrogen (secondary N) is 1. The van der Waals surface area contributed by atoms with Crippen LogP contribution in [0.25, 0.3) is 0 Å². The van der Waals surface area contributed by atoms with Gasteiger partial charge in [0.05, 0.1) is 0 Å². The Kier molecular flexibility index (Phi) is 6.19. The van der Waals surface area contributed by atoms with Crippen LogP contribution in [0, 0.1) is 11.7 Å². The monoisotopic (exact) mass is 292 g/mol. The molecule has 3 atom stereocenters. The molecule has 0 amide bonds. The second-order valence-electron chi connectivity index (χ2n) is 6.43. The summed E-state index contributed by atoms with van der Waals surface area (Å²) in [4.78, 5) is 2.30. The average molecular weight is 292 g/mol. The first-order valence-corrected chi connectivity index (χ1v) is 8.25. The fourth-order valence-electron chi connectivity index (χ4n) is 3.56. The Morgan fingerprint density at radius 2 is 1.95 bits per heavy atom. The zero-order valence-electron chi connectivity index (χ0n) is 13.6. The van der Waals surface area contributed by atoms with Crippen molar-refractivity contribution in [3.05, 3.63) is 35.6 Å². The van der Waals surface area contributed by atoms with Gasteiger partial charge < -0.3 is 5.32 Å². The van der Waals surface area contributed by atoms with Crippen LogP contribution in [0.2, 0.25) is 0 Å². The molecule has 3 unspecified atom stereocenters. The predicted octanol–water partition coefficient (Wildman–Crippen LogP) is 3.99. The van der Waals surface area contributed by atoms with Crippen molar-refractivity contribution in [3.63, 3.8) is 0 Å². The molecule has 1 aromatic rings. The molecule has 0 saturated heterocycles. The summed E-state index contributed by atoms with van der Waals surface area (Å²) in [5.74, 6) is 0.569. The van der Waals surface area contributed by atoms with Crippen LogP contribution in [0.15, 0.2) is 24.3 Å². The summed E-state index contributed by atoms with van der Waals surface area (Å²) < 4.78 is 13.9. The summed E-state index contributed by atoms with van der Waals surface area (Å²) >= 11 is 0. The number of halogens is 1. The van der Waals surface area contributed by atoms with E-state index in [1.807, 2.05) is 12.1 Å². The van der Waals surface area contributed by atoms with Crippen LogP contribution >= 0.6 is 0 Å². The molecule has 1 N–H and O–H groups in total. The molecule has 1 aliphatic rings. The van der Waals surface area contributed by atoms with E-state index >= 15 is 0 Å². The van der Waals surface area contributed by atoms with E-state index < -0.39 is 0 Å². The summed E-state index contributed by atoms with van der Waals surface area (Å²) in [5, 5.41) is 3.49. The van der Waals surface area contributed by atoms with Gasteiger partial charge in [0.25, 0.3) is 0 Å². The van der Waals surface area contributed by atoms with Crippen LogP contribution in [0.1, 0.15) is 50.6 Å². The van der Waals surface area contributed by atoms with Gasteiger partial charge in [-0.15, -0.1) is 0 Å². The number of benzene rings is 1. The lowest BCUT2D eigenvalue weighted by Crippen LogP contribution is -2.40. The third-order valence-corrected chi connectivity index (χ3v) is 5.07. The summed E-state index contributed by atoms with van der Waals surface area (Å²) in [6.07, 6.45) is 6.55. The highest BCUT2D eigenvalue weighted by Gasteiger charge is 2.25. The lowest BCUT2D eigenvalue weighted by atomic mass is 9.93. The number of hydrogen-bond acceptors (Lipinski definition) is 2. The highest BCUT2D eigenvalue weighted by Crippen LogP contribution is 2.27. The van der Waals surface area contributed by atoms with Gasteiger partial charge in [0.15, 0.2) is 0 Å². The van der Waals surface area contributed by atoms with E-state index in [4.69, 9.17) is 0 Å². The molecule has 3 heteroatoms. The lowest BCUT2D eigenvalue weighted by molar-refractivity contribution is 0.186. The molecule has 0 aliphatic heterocycles. The normalized spacial score (nSPS) is 24.8. The molecule has 1 fully saturated rings. The smallest absolute Gasteiger partial charge is 0.127 e. The van der Waals surface area contributed by atoms with Gasteiger partial charge >= 0.3 is 0 Å². The minimum Gasteiger partial charge on any atom is -0.317 e. The maximum absolute atomic E-state index is 13.9. The van der Waals surface area contributed by atoms with E-state index in [1.165, 1.54) is 32.1 Å².